The second kappa shape index (κ2) is 8.19. The van der Waals surface area contributed by atoms with E-state index < -0.39 is 11.9 Å². The highest BCUT2D eigenvalue weighted by Gasteiger charge is 2.21. The number of carboxylic acids is 1. The van der Waals surface area contributed by atoms with Crippen LogP contribution in [-0.4, -0.2) is 21.2 Å². The molecule has 0 saturated carbocycles. The van der Waals surface area contributed by atoms with E-state index in [9.17, 15) is 19.4 Å². The molecule has 0 spiro atoms. The van der Waals surface area contributed by atoms with Crippen molar-refractivity contribution in [2.45, 2.75) is 46.5 Å². The van der Waals surface area contributed by atoms with Crippen LogP contribution in [0.2, 0.25) is 0 Å². The molecule has 2 N–H and O–H groups in total. The normalized spacial score (nSPS) is 12.5. The number of aliphatic carboxylic acids is 1. The lowest BCUT2D eigenvalue weighted by atomic mass is 9.86. The fourth-order valence-corrected chi connectivity index (χ4v) is 3.72. The zero-order valence-corrected chi connectivity index (χ0v) is 17.2. The third kappa shape index (κ3) is 4.24. The number of phenolic OH excluding ortho intramolecular Hbond substituents is 1. The number of carboxylic acid groups (broad SMARTS) is 1. The number of phenols is 1. The molecular weight excluding hydrogens is 369 g/mol. The van der Waals surface area contributed by atoms with Crippen LogP contribution in [0.1, 0.15) is 49.9 Å². The summed E-state index contributed by atoms with van der Waals surface area (Å²) in [6.07, 6.45) is 0.980. The maximum atomic E-state index is 13.9. The van der Waals surface area contributed by atoms with Crippen molar-refractivity contribution in [1.82, 2.24) is 4.98 Å². The van der Waals surface area contributed by atoms with Crippen molar-refractivity contribution in [3.63, 3.8) is 0 Å². The van der Waals surface area contributed by atoms with Gasteiger partial charge in [-0.2, -0.15) is 0 Å². The van der Waals surface area contributed by atoms with Crippen molar-refractivity contribution in [2.75, 3.05) is 0 Å². The average molecular weight is 395 g/mol. The minimum atomic E-state index is -0.830. The zero-order valence-electron chi connectivity index (χ0n) is 17.2. The number of fused-ring (bicyclic) bond motifs is 1. The van der Waals surface area contributed by atoms with E-state index in [1.807, 2.05) is 12.1 Å². The summed E-state index contributed by atoms with van der Waals surface area (Å²) in [5.41, 5.74) is 4.91. The van der Waals surface area contributed by atoms with Crippen molar-refractivity contribution in [3.8, 4) is 16.9 Å². The summed E-state index contributed by atoms with van der Waals surface area (Å²) in [7, 11) is 0. The van der Waals surface area contributed by atoms with Crippen molar-refractivity contribution in [1.29, 1.82) is 0 Å². The summed E-state index contributed by atoms with van der Waals surface area (Å²) in [6.45, 7) is 7.58. The standard InChI is InChI=1S/C24H26FNO3/c1-13(2)22-20(10-5-14(3)24(28)29)26-21-12-17(27)7-8-18(21)23(22)16-6-9-19(25)15(4)11-16/h6-9,11-14,27H,5,10H2,1-4H3,(H,28,29). The molecule has 0 amide bonds. The quantitative estimate of drug-likeness (QED) is 0.551. The van der Waals surface area contributed by atoms with Crippen LogP contribution >= 0.6 is 0 Å². The molecule has 1 atom stereocenters. The van der Waals surface area contributed by atoms with Gasteiger partial charge in [-0.3, -0.25) is 9.78 Å². The fourth-order valence-electron chi connectivity index (χ4n) is 3.72. The van der Waals surface area contributed by atoms with Crippen LogP contribution in [0.4, 0.5) is 4.39 Å². The summed E-state index contributed by atoms with van der Waals surface area (Å²) < 4.78 is 13.9. The first-order valence-corrected chi connectivity index (χ1v) is 9.83. The molecular formula is C24H26FNO3. The number of carbonyl (C=O) groups is 1. The van der Waals surface area contributed by atoms with Crippen LogP contribution < -0.4 is 0 Å². The molecule has 0 aliphatic rings. The van der Waals surface area contributed by atoms with Crippen LogP contribution in [0.25, 0.3) is 22.0 Å². The lowest BCUT2D eigenvalue weighted by Gasteiger charge is -2.21. The van der Waals surface area contributed by atoms with Crippen LogP contribution in [-0.2, 0) is 11.2 Å². The highest BCUT2D eigenvalue weighted by atomic mass is 19.1. The Bertz CT molecular complexity index is 1080. The lowest BCUT2D eigenvalue weighted by Crippen LogP contribution is -2.12. The molecule has 1 heterocycles. The largest absolute Gasteiger partial charge is 0.508 e. The molecule has 152 valence electrons. The van der Waals surface area contributed by atoms with Gasteiger partial charge in [0.25, 0.3) is 0 Å². The number of aromatic nitrogens is 1. The first-order valence-electron chi connectivity index (χ1n) is 9.83. The van der Waals surface area contributed by atoms with Gasteiger partial charge in [0.2, 0.25) is 0 Å². The third-order valence-electron chi connectivity index (χ3n) is 5.35. The Labute approximate surface area is 170 Å². The highest BCUT2D eigenvalue weighted by molar-refractivity contribution is 5.97. The van der Waals surface area contributed by atoms with Gasteiger partial charge in [0.1, 0.15) is 11.6 Å². The predicted octanol–water partition coefficient (Wildman–Crippen LogP) is 5.83. The highest BCUT2D eigenvalue weighted by Crippen LogP contribution is 2.39. The summed E-state index contributed by atoms with van der Waals surface area (Å²) in [6, 6.07) is 10.1. The van der Waals surface area contributed by atoms with E-state index in [2.05, 4.69) is 13.8 Å². The molecule has 3 aromatic rings. The molecule has 0 aliphatic heterocycles. The van der Waals surface area contributed by atoms with Gasteiger partial charge in [0.15, 0.2) is 0 Å². The van der Waals surface area contributed by atoms with Crippen molar-refractivity contribution in [2.24, 2.45) is 5.92 Å². The van der Waals surface area contributed by atoms with E-state index in [-0.39, 0.29) is 17.5 Å². The Morgan fingerprint density at radius 1 is 1.14 bits per heavy atom. The van der Waals surface area contributed by atoms with Crippen LogP contribution in [0.3, 0.4) is 0 Å². The van der Waals surface area contributed by atoms with Gasteiger partial charge in [-0.15, -0.1) is 0 Å². The minimum Gasteiger partial charge on any atom is -0.508 e. The van der Waals surface area contributed by atoms with Crippen molar-refractivity contribution >= 4 is 16.9 Å². The monoisotopic (exact) mass is 395 g/mol. The second-order valence-electron chi connectivity index (χ2n) is 7.95. The van der Waals surface area contributed by atoms with Gasteiger partial charge in [-0.05, 0) is 72.2 Å². The van der Waals surface area contributed by atoms with E-state index in [4.69, 9.17) is 4.98 Å². The number of halogens is 1. The summed E-state index contributed by atoms with van der Waals surface area (Å²) in [5, 5.41) is 20.1. The zero-order chi connectivity index (χ0) is 21.3. The predicted molar refractivity (Wildman–Crippen MR) is 113 cm³/mol. The number of hydrogen-bond donors (Lipinski definition) is 2. The molecule has 1 aromatic heterocycles. The van der Waals surface area contributed by atoms with E-state index in [0.29, 0.717) is 23.9 Å². The number of rotatable bonds is 6. The van der Waals surface area contributed by atoms with Gasteiger partial charge in [-0.25, -0.2) is 4.39 Å². The van der Waals surface area contributed by atoms with E-state index >= 15 is 0 Å². The number of pyridine rings is 1. The van der Waals surface area contributed by atoms with Crippen LogP contribution in [0, 0.1) is 18.7 Å². The Morgan fingerprint density at radius 3 is 2.48 bits per heavy atom. The topological polar surface area (TPSA) is 70.4 Å². The molecule has 3 rings (SSSR count). The fraction of sp³-hybridized carbons (Fsp3) is 0.333. The molecule has 2 aromatic carbocycles. The van der Waals surface area contributed by atoms with Gasteiger partial charge < -0.3 is 10.2 Å². The summed E-state index contributed by atoms with van der Waals surface area (Å²) in [4.78, 5) is 16.1. The molecule has 0 aliphatic carbocycles. The van der Waals surface area contributed by atoms with Crippen LogP contribution in [0.5, 0.6) is 5.75 Å². The van der Waals surface area contributed by atoms with E-state index in [1.54, 1.807) is 32.0 Å². The summed E-state index contributed by atoms with van der Waals surface area (Å²) in [5.74, 6) is -1.31. The third-order valence-corrected chi connectivity index (χ3v) is 5.35. The van der Waals surface area contributed by atoms with Gasteiger partial charge in [-0.1, -0.05) is 26.8 Å². The van der Waals surface area contributed by atoms with Crippen LogP contribution in [0.15, 0.2) is 36.4 Å². The number of hydrogen-bond acceptors (Lipinski definition) is 3. The average Bonchev–Trinajstić information content (AvgIpc) is 2.66. The van der Waals surface area contributed by atoms with Crippen molar-refractivity contribution < 1.29 is 19.4 Å². The van der Waals surface area contributed by atoms with Gasteiger partial charge in [0.05, 0.1) is 11.4 Å². The van der Waals surface area contributed by atoms with Gasteiger partial charge in [0, 0.05) is 17.1 Å². The van der Waals surface area contributed by atoms with E-state index in [0.717, 1.165) is 27.8 Å². The smallest absolute Gasteiger partial charge is 0.306 e. The second-order valence-corrected chi connectivity index (χ2v) is 7.95. The lowest BCUT2D eigenvalue weighted by molar-refractivity contribution is -0.141. The molecule has 0 radical (unpaired) electrons. The Morgan fingerprint density at radius 2 is 1.86 bits per heavy atom. The Balaban J connectivity index is 2.29. The maximum absolute atomic E-state index is 13.9. The Kier molecular flexibility index (Phi) is 5.87. The molecule has 1 unspecified atom stereocenters. The minimum absolute atomic E-state index is 0.119. The molecule has 5 heteroatoms. The molecule has 0 bridgehead atoms. The SMILES string of the molecule is Cc1cc(-c2c(C(C)C)c(CCC(C)C(=O)O)nc3cc(O)ccc23)ccc1F. The number of aryl methyl sites for hydroxylation is 2. The molecule has 0 saturated heterocycles. The summed E-state index contributed by atoms with van der Waals surface area (Å²) >= 11 is 0. The number of aromatic hydroxyl groups is 1. The molecule has 29 heavy (non-hydrogen) atoms. The van der Waals surface area contributed by atoms with Crippen molar-refractivity contribution in [3.05, 3.63) is 59.0 Å². The Hall–Kier alpha value is -2.95. The number of benzene rings is 2. The molecule has 4 nitrogen and oxygen atoms in total. The first-order chi connectivity index (χ1) is 13.7. The molecule has 0 fully saturated rings. The van der Waals surface area contributed by atoms with Gasteiger partial charge >= 0.3 is 5.97 Å². The first kappa shape index (κ1) is 20.8. The van der Waals surface area contributed by atoms with E-state index in [1.165, 1.54) is 6.07 Å². The number of nitrogens with zero attached hydrogens (tertiary/aromatic N) is 1. The maximum Gasteiger partial charge on any atom is 0.306 e.